The Kier molecular flexibility index (Phi) is 4.76. The van der Waals surface area contributed by atoms with E-state index in [0.29, 0.717) is 6.42 Å². The van der Waals surface area contributed by atoms with Crippen molar-refractivity contribution in [3.8, 4) is 5.75 Å². The minimum atomic E-state index is -0.343. The van der Waals surface area contributed by atoms with Crippen molar-refractivity contribution in [1.29, 1.82) is 0 Å². The van der Waals surface area contributed by atoms with Crippen LogP contribution in [0.15, 0.2) is 22.7 Å². The van der Waals surface area contributed by atoms with Crippen molar-refractivity contribution in [1.82, 2.24) is 0 Å². The second kappa shape index (κ2) is 5.86. The van der Waals surface area contributed by atoms with E-state index in [0.717, 1.165) is 15.8 Å². The fraction of sp³-hybridized carbons (Fsp3) is 0.364. The standard InChI is InChI=1S/C11H15BrN2O2/c1-16-10-4-2-7(12)6-8(10)9(13)3-5-11(14)15/h2,4,6,9H,3,5,13H2,1H3,(H2,14,15). The minimum absolute atomic E-state index is 0.250. The summed E-state index contributed by atoms with van der Waals surface area (Å²) in [5.74, 6) is 0.379. The van der Waals surface area contributed by atoms with Crippen molar-refractivity contribution in [3.63, 3.8) is 0 Å². The molecule has 0 aliphatic heterocycles. The molecule has 0 saturated heterocycles. The Hall–Kier alpha value is -1.07. The SMILES string of the molecule is COc1ccc(Br)cc1C(N)CCC(N)=O. The number of amides is 1. The summed E-state index contributed by atoms with van der Waals surface area (Å²) in [6, 6.07) is 5.36. The van der Waals surface area contributed by atoms with Crippen LogP contribution >= 0.6 is 15.9 Å². The van der Waals surface area contributed by atoms with Gasteiger partial charge in [0, 0.05) is 22.5 Å². The fourth-order valence-electron chi connectivity index (χ4n) is 1.45. The summed E-state index contributed by atoms with van der Waals surface area (Å²) in [4.78, 5) is 10.7. The third kappa shape index (κ3) is 3.50. The molecule has 1 aromatic rings. The summed E-state index contributed by atoms with van der Waals surface area (Å²) < 4.78 is 6.14. The molecule has 0 aliphatic carbocycles. The van der Waals surface area contributed by atoms with Gasteiger partial charge in [0.1, 0.15) is 5.75 Å². The predicted molar refractivity (Wildman–Crippen MR) is 66.1 cm³/mol. The number of primary amides is 1. The van der Waals surface area contributed by atoms with Crippen LogP contribution in [0.5, 0.6) is 5.75 Å². The molecule has 1 amide bonds. The molecule has 0 radical (unpaired) electrons. The first kappa shape index (κ1) is 13.0. The minimum Gasteiger partial charge on any atom is -0.496 e. The lowest BCUT2D eigenvalue weighted by Crippen LogP contribution is -2.17. The zero-order valence-corrected chi connectivity index (χ0v) is 10.7. The topological polar surface area (TPSA) is 78.3 Å². The summed E-state index contributed by atoms with van der Waals surface area (Å²) in [5.41, 5.74) is 11.9. The third-order valence-corrected chi connectivity index (χ3v) is 2.79. The van der Waals surface area contributed by atoms with E-state index in [-0.39, 0.29) is 18.4 Å². The largest absolute Gasteiger partial charge is 0.496 e. The molecule has 5 heteroatoms. The van der Waals surface area contributed by atoms with Gasteiger partial charge in [-0.25, -0.2) is 0 Å². The Morgan fingerprint density at radius 2 is 2.25 bits per heavy atom. The molecule has 0 aromatic heterocycles. The van der Waals surface area contributed by atoms with E-state index in [2.05, 4.69) is 15.9 Å². The van der Waals surface area contributed by atoms with Gasteiger partial charge in [-0.1, -0.05) is 15.9 Å². The molecule has 4 N–H and O–H groups in total. The first-order valence-electron chi connectivity index (χ1n) is 4.92. The van der Waals surface area contributed by atoms with Crippen LogP contribution < -0.4 is 16.2 Å². The molecule has 1 atom stereocenters. The number of methoxy groups -OCH3 is 1. The first-order valence-corrected chi connectivity index (χ1v) is 5.71. The highest BCUT2D eigenvalue weighted by atomic mass is 79.9. The maximum absolute atomic E-state index is 10.7. The van der Waals surface area contributed by atoms with Gasteiger partial charge in [-0.3, -0.25) is 4.79 Å². The number of hydrogen-bond donors (Lipinski definition) is 2. The van der Waals surface area contributed by atoms with Crippen LogP contribution in [0.25, 0.3) is 0 Å². The molecule has 0 bridgehead atoms. The summed E-state index contributed by atoms with van der Waals surface area (Å²) >= 11 is 3.37. The summed E-state index contributed by atoms with van der Waals surface area (Å²) in [5, 5.41) is 0. The van der Waals surface area contributed by atoms with Crippen LogP contribution in [0, 0.1) is 0 Å². The lowest BCUT2D eigenvalue weighted by atomic mass is 10.0. The number of nitrogens with two attached hydrogens (primary N) is 2. The summed E-state index contributed by atoms with van der Waals surface area (Å²) in [6.07, 6.45) is 0.791. The number of benzene rings is 1. The molecule has 0 spiro atoms. The zero-order chi connectivity index (χ0) is 12.1. The van der Waals surface area contributed by atoms with Gasteiger partial charge >= 0.3 is 0 Å². The smallest absolute Gasteiger partial charge is 0.217 e. The van der Waals surface area contributed by atoms with E-state index in [4.69, 9.17) is 16.2 Å². The van der Waals surface area contributed by atoms with Crippen molar-refractivity contribution < 1.29 is 9.53 Å². The zero-order valence-electron chi connectivity index (χ0n) is 9.07. The number of halogens is 1. The highest BCUT2D eigenvalue weighted by Crippen LogP contribution is 2.29. The Morgan fingerprint density at radius 3 is 2.81 bits per heavy atom. The average Bonchev–Trinajstić information content (AvgIpc) is 2.25. The summed E-state index contributed by atoms with van der Waals surface area (Å²) in [6.45, 7) is 0. The first-order chi connectivity index (χ1) is 7.54. The molecule has 1 aromatic carbocycles. The number of ether oxygens (including phenoxy) is 1. The van der Waals surface area contributed by atoms with Crippen LogP contribution in [0.4, 0.5) is 0 Å². The van der Waals surface area contributed by atoms with Crippen LogP contribution in [-0.4, -0.2) is 13.0 Å². The predicted octanol–water partition coefficient (Wildman–Crippen LogP) is 1.72. The second-order valence-electron chi connectivity index (χ2n) is 3.50. The highest BCUT2D eigenvalue weighted by Gasteiger charge is 2.13. The van der Waals surface area contributed by atoms with Gasteiger partial charge in [-0.2, -0.15) is 0 Å². The van der Waals surface area contributed by atoms with Crippen molar-refractivity contribution >= 4 is 21.8 Å². The number of carbonyl (C=O) groups is 1. The molecule has 0 fully saturated rings. The van der Waals surface area contributed by atoms with Crippen LogP contribution in [0.1, 0.15) is 24.4 Å². The van der Waals surface area contributed by atoms with Gasteiger partial charge in [0.15, 0.2) is 0 Å². The van der Waals surface area contributed by atoms with Crippen molar-refractivity contribution in [2.75, 3.05) is 7.11 Å². The molecular weight excluding hydrogens is 272 g/mol. The molecule has 0 saturated carbocycles. The van der Waals surface area contributed by atoms with Gasteiger partial charge in [-0.05, 0) is 24.6 Å². The third-order valence-electron chi connectivity index (χ3n) is 2.29. The average molecular weight is 287 g/mol. The molecule has 1 rings (SSSR count). The maximum Gasteiger partial charge on any atom is 0.217 e. The Bertz CT molecular complexity index is 382. The van der Waals surface area contributed by atoms with Gasteiger partial charge in [0.05, 0.1) is 7.11 Å². The van der Waals surface area contributed by atoms with E-state index in [9.17, 15) is 4.79 Å². The Morgan fingerprint density at radius 1 is 1.56 bits per heavy atom. The molecule has 1 unspecified atom stereocenters. The maximum atomic E-state index is 10.7. The van der Waals surface area contributed by atoms with E-state index in [1.807, 2.05) is 18.2 Å². The van der Waals surface area contributed by atoms with Crippen molar-refractivity contribution in [2.24, 2.45) is 11.5 Å². The highest BCUT2D eigenvalue weighted by molar-refractivity contribution is 9.10. The van der Waals surface area contributed by atoms with E-state index in [1.54, 1.807) is 7.11 Å². The quantitative estimate of drug-likeness (QED) is 0.865. The molecule has 16 heavy (non-hydrogen) atoms. The van der Waals surface area contributed by atoms with Crippen LogP contribution in [0.2, 0.25) is 0 Å². The van der Waals surface area contributed by atoms with Crippen LogP contribution in [-0.2, 0) is 4.79 Å². The molecular formula is C11H15BrN2O2. The lowest BCUT2D eigenvalue weighted by molar-refractivity contribution is -0.118. The molecule has 0 aliphatic rings. The van der Waals surface area contributed by atoms with E-state index >= 15 is 0 Å². The normalized spacial score (nSPS) is 12.2. The lowest BCUT2D eigenvalue weighted by Gasteiger charge is -2.15. The van der Waals surface area contributed by atoms with Crippen LogP contribution in [0.3, 0.4) is 0 Å². The second-order valence-corrected chi connectivity index (χ2v) is 4.41. The Balaban J connectivity index is 2.84. The van der Waals surface area contributed by atoms with E-state index in [1.165, 1.54) is 0 Å². The van der Waals surface area contributed by atoms with E-state index < -0.39 is 0 Å². The van der Waals surface area contributed by atoms with Crippen molar-refractivity contribution in [3.05, 3.63) is 28.2 Å². The monoisotopic (exact) mass is 286 g/mol. The number of hydrogen-bond acceptors (Lipinski definition) is 3. The summed E-state index contributed by atoms with van der Waals surface area (Å²) in [7, 11) is 1.59. The van der Waals surface area contributed by atoms with Gasteiger partial charge in [0.25, 0.3) is 0 Å². The fourth-order valence-corrected chi connectivity index (χ4v) is 1.83. The molecule has 88 valence electrons. The molecule has 0 heterocycles. The van der Waals surface area contributed by atoms with Crippen molar-refractivity contribution in [2.45, 2.75) is 18.9 Å². The Labute approximate surface area is 103 Å². The van der Waals surface area contributed by atoms with Gasteiger partial charge in [-0.15, -0.1) is 0 Å². The number of rotatable bonds is 5. The van der Waals surface area contributed by atoms with Gasteiger partial charge < -0.3 is 16.2 Å². The van der Waals surface area contributed by atoms with Gasteiger partial charge in [0.2, 0.25) is 5.91 Å². The molecule has 4 nitrogen and oxygen atoms in total. The number of carbonyl (C=O) groups excluding carboxylic acids is 1.